The highest BCUT2D eigenvalue weighted by Crippen LogP contribution is 2.40. The molecule has 2 saturated heterocycles. The molecule has 0 unspecified atom stereocenters. The molecule has 3 amide bonds. The standard InChI is InChI=1S/C33H44FN5O4/c1-22-17-37(25(18-36-13-9-12-28(36)40)19-38(22)31(42)43-32(2,3)4)20-29(41)39-21-33(5,6)30-27(39)15-23(16-35-30)14-24-10-7-8-11-26(24)34/h7-8,10-11,15-16,22,25H,9,12-14,17-21H2,1-6H3/t22-,25+/m1/s1. The number of amides is 3. The van der Waals surface area contributed by atoms with Crippen molar-refractivity contribution in [2.75, 3.05) is 44.2 Å². The highest BCUT2D eigenvalue weighted by Gasteiger charge is 2.43. The fourth-order valence-electron chi connectivity index (χ4n) is 6.42. The van der Waals surface area contributed by atoms with Crippen LogP contribution in [0.1, 0.15) is 71.2 Å². The van der Waals surface area contributed by atoms with Crippen LogP contribution in [0.15, 0.2) is 36.5 Å². The molecule has 1 aromatic heterocycles. The van der Waals surface area contributed by atoms with Gasteiger partial charge in [-0.25, -0.2) is 9.18 Å². The van der Waals surface area contributed by atoms with E-state index in [1.54, 1.807) is 28.1 Å². The van der Waals surface area contributed by atoms with Crippen LogP contribution in [0, 0.1) is 5.82 Å². The van der Waals surface area contributed by atoms with Crippen LogP contribution in [0.4, 0.5) is 14.9 Å². The van der Waals surface area contributed by atoms with E-state index >= 15 is 0 Å². The number of ether oxygens (including phenoxy) is 1. The van der Waals surface area contributed by atoms with E-state index in [4.69, 9.17) is 9.72 Å². The Labute approximate surface area is 254 Å². The molecule has 1 aromatic carbocycles. The Hall–Kier alpha value is -3.53. The minimum absolute atomic E-state index is 0.0627. The van der Waals surface area contributed by atoms with Gasteiger partial charge in [-0.1, -0.05) is 32.0 Å². The van der Waals surface area contributed by atoms with Crippen LogP contribution in [-0.2, 0) is 26.2 Å². The SMILES string of the molecule is C[C@@H]1CN(CC(=O)N2CC(C)(C)c3ncc(Cc4ccccc4F)cc32)[C@@H](CN2CCCC2=O)CN1C(=O)OC(C)(C)C. The lowest BCUT2D eigenvalue weighted by molar-refractivity contribution is -0.129. The number of nitrogens with zero attached hydrogens (tertiary/aromatic N) is 5. The molecular weight excluding hydrogens is 549 g/mol. The van der Waals surface area contributed by atoms with Gasteiger partial charge in [-0.05, 0) is 57.4 Å². The van der Waals surface area contributed by atoms with E-state index in [2.05, 4.69) is 18.7 Å². The number of aromatic nitrogens is 1. The Morgan fingerprint density at radius 1 is 1.16 bits per heavy atom. The first-order valence-electron chi connectivity index (χ1n) is 15.3. The largest absolute Gasteiger partial charge is 0.444 e. The van der Waals surface area contributed by atoms with E-state index in [9.17, 15) is 18.8 Å². The lowest BCUT2D eigenvalue weighted by Crippen LogP contribution is -2.63. The van der Waals surface area contributed by atoms with E-state index in [1.165, 1.54) is 6.07 Å². The lowest BCUT2D eigenvalue weighted by Gasteiger charge is -2.46. The smallest absolute Gasteiger partial charge is 0.410 e. The number of anilines is 1. The van der Waals surface area contributed by atoms with Gasteiger partial charge in [-0.3, -0.25) is 19.5 Å². The first kappa shape index (κ1) is 30.9. The summed E-state index contributed by atoms with van der Waals surface area (Å²) < 4.78 is 20.1. The summed E-state index contributed by atoms with van der Waals surface area (Å²) in [6, 6.07) is 8.27. The molecule has 0 saturated carbocycles. The van der Waals surface area contributed by atoms with Gasteiger partial charge in [0, 0.05) is 69.3 Å². The maximum atomic E-state index is 14.4. The van der Waals surface area contributed by atoms with Crippen molar-refractivity contribution in [3.05, 3.63) is 59.2 Å². The van der Waals surface area contributed by atoms with E-state index in [1.807, 2.05) is 44.7 Å². The molecule has 0 N–H and O–H groups in total. The average Bonchev–Trinajstić information content (AvgIpc) is 3.44. The quantitative estimate of drug-likeness (QED) is 0.495. The molecule has 0 radical (unpaired) electrons. The first-order chi connectivity index (χ1) is 20.2. The van der Waals surface area contributed by atoms with Crippen LogP contribution in [0.25, 0.3) is 0 Å². The van der Waals surface area contributed by atoms with Gasteiger partial charge in [0.15, 0.2) is 0 Å². The molecule has 43 heavy (non-hydrogen) atoms. The molecular formula is C33H44FN5O4. The fraction of sp³-hybridized carbons (Fsp3) is 0.576. The Balaban J connectivity index is 1.37. The second-order valence-electron chi connectivity index (χ2n) is 13.9. The zero-order valence-corrected chi connectivity index (χ0v) is 26.2. The number of fused-ring (bicyclic) bond motifs is 1. The van der Waals surface area contributed by atoms with Crippen LogP contribution in [0.5, 0.6) is 0 Å². The number of benzene rings is 1. The lowest BCUT2D eigenvalue weighted by atomic mass is 9.91. The molecule has 10 heteroatoms. The molecule has 3 aliphatic rings. The minimum Gasteiger partial charge on any atom is -0.444 e. The van der Waals surface area contributed by atoms with Gasteiger partial charge in [-0.15, -0.1) is 0 Å². The highest BCUT2D eigenvalue weighted by atomic mass is 19.1. The zero-order valence-electron chi connectivity index (χ0n) is 26.2. The van der Waals surface area contributed by atoms with Crippen molar-refractivity contribution in [1.82, 2.24) is 19.7 Å². The number of carbonyl (C=O) groups is 3. The second kappa shape index (κ2) is 11.9. The Bertz CT molecular complexity index is 1390. The third kappa shape index (κ3) is 6.84. The molecule has 5 rings (SSSR count). The Morgan fingerprint density at radius 3 is 2.58 bits per heavy atom. The average molecular weight is 594 g/mol. The molecule has 0 spiro atoms. The van der Waals surface area contributed by atoms with Crippen LogP contribution in [-0.4, -0.2) is 94.5 Å². The van der Waals surface area contributed by atoms with Gasteiger partial charge in [-0.2, -0.15) is 0 Å². The molecule has 0 aliphatic carbocycles. The number of rotatable bonds is 6. The predicted octanol–water partition coefficient (Wildman–Crippen LogP) is 4.37. The Kier molecular flexibility index (Phi) is 8.53. The maximum Gasteiger partial charge on any atom is 0.410 e. The van der Waals surface area contributed by atoms with Gasteiger partial charge in [0.2, 0.25) is 11.8 Å². The second-order valence-corrected chi connectivity index (χ2v) is 13.9. The van der Waals surface area contributed by atoms with Crippen LogP contribution < -0.4 is 4.90 Å². The van der Waals surface area contributed by atoms with Crippen molar-refractivity contribution in [1.29, 1.82) is 0 Å². The molecule has 2 atom stereocenters. The van der Waals surface area contributed by atoms with Gasteiger partial charge in [0.1, 0.15) is 11.4 Å². The summed E-state index contributed by atoms with van der Waals surface area (Å²) in [5, 5.41) is 0. The van der Waals surface area contributed by atoms with E-state index in [-0.39, 0.29) is 47.8 Å². The molecule has 2 fully saturated rings. The summed E-state index contributed by atoms with van der Waals surface area (Å²) in [5.41, 5.74) is 2.06. The number of piperazine rings is 1. The third-order valence-electron chi connectivity index (χ3n) is 8.59. The van der Waals surface area contributed by atoms with Crippen LogP contribution in [0.3, 0.4) is 0 Å². The van der Waals surface area contributed by atoms with Crippen molar-refractivity contribution in [2.45, 2.75) is 83.9 Å². The number of hydrogen-bond donors (Lipinski definition) is 0. The molecule has 0 bridgehead atoms. The molecule has 4 heterocycles. The summed E-state index contributed by atoms with van der Waals surface area (Å²) in [5.74, 6) is -0.219. The van der Waals surface area contributed by atoms with Crippen molar-refractivity contribution < 1.29 is 23.5 Å². The van der Waals surface area contributed by atoms with Crippen LogP contribution >= 0.6 is 0 Å². The summed E-state index contributed by atoms with van der Waals surface area (Å²) in [7, 11) is 0. The normalized spacial score (nSPS) is 22.2. The van der Waals surface area contributed by atoms with E-state index in [0.29, 0.717) is 51.1 Å². The number of carbonyl (C=O) groups excluding carboxylic acids is 3. The van der Waals surface area contributed by atoms with Crippen molar-refractivity contribution >= 4 is 23.6 Å². The molecule has 3 aliphatic heterocycles. The summed E-state index contributed by atoms with van der Waals surface area (Å²) in [4.78, 5) is 51.9. The van der Waals surface area contributed by atoms with Gasteiger partial charge in [0.25, 0.3) is 0 Å². The summed E-state index contributed by atoms with van der Waals surface area (Å²) >= 11 is 0. The fourth-order valence-corrected chi connectivity index (χ4v) is 6.42. The van der Waals surface area contributed by atoms with E-state index < -0.39 is 5.60 Å². The van der Waals surface area contributed by atoms with Gasteiger partial charge in [0.05, 0.1) is 17.9 Å². The topological polar surface area (TPSA) is 86.3 Å². The number of pyridine rings is 1. The highest BCUT2D eigenvalue weighted by molar-refractivity contribution is 5.97. The summed E-state index contributed by atoms with van der Waals surface area (Å²) in [6.07, 6.45) is 3.12. The third-order valence-corrected chi connectivity index (χ3v) is 8.59. The number of halogens is 1. The van der Waals surface area contributed by atoms with Gasteiger partial charge >= 0.3 is 6.09 Å². The zero-order chi connectivity index (χ0) is 31.1. The van der Waals surface area contributed by atoms with Crippen LogP contribution in [0.2, 0.25) is 0 Å². The van der Waals surface area contributed by atoms with Crippen molar-refractivity contribution in [2.24, 2.45) is 0 Å². The minimum atomic E-state index is -0.626. The number of likely N-dealkylation sites (tertiary alicyclic amines) is 1. The van der Waals surface area contributed by atoms with Gasteiger partial charge < -0.3 is 19.4 Å². The molecule has 2 aromatic rings. The summed E-state index contributed by atoms with van der Waals surface area (Å²) in [6.45, 7) is 14.3. The first-order valence-corrected chi connectivity index (χ1v) is 15.3. The van der Waals surface area contributed by atoms with Crippen molar-refractivity contribution in [3.8, 4) is 0 Å². The molecule has 232 valence electrons. The Morgan fingerprint density at radius 2 is 1.91 bits per heavy atom. The maximum absolute atomic E-state index is 14.4. The molecule has 9 nitrogen and oxygen atoms in total. The van der Waals surface area contributed by atoms with Crippen molar-refractivity contribution in [3.63, 3.8) is 0 Å². The predicted molar refractivity (Wildman–Crippen MR) is 162 cm³/mol. The van der Waals surface area contributed by atoms with E-state index in [0.717, 1.165) is 23.4 Å². The monoisotopic (exact) mass is 593 g/mol. The number of hydrogen-bond acceptors (Lipinski definition) is 6.